The molecule has 126 valence electrons. The summed E-state index contributed by atoms with van der Waals surface area (Å²) in [6.45, 7) is 6.21. The highest BCUT2D eigenvalue weighted by Crippen LogP contribution is 2.29. The summed E-state index contributed by atoms with van der Waals surface area (Å²) in [7, 11) is 1.69. The van der Waals surface area contributed by atoms with E-state index in [1.165, 1.54) is 0 Å². The number of amides is 1. The molecule has 5 heteroatoms. The van der Waals surface area contributed by atoms with Crippen LogP contribution < -0.4 is 9.64 Å². The number of anilines is 1. The van der Waals surface area contributed by atoms with Crippen LogP contribution in [0.3, 0.4) is 0 Å². The van der Waals surface area contributed by atoms with E-state index < -0.39 is 0 Å². The molecule has 0 saturated carbocycles. The number of ether oxygens (including phenoxy) is 1. The third-order valence-electron chi connectivity index (χ3n) is 4.42. The molecule has 1 saturated heterocycles. The maximum Gasteiger partial charge on any atom is 0.272 e. The summed E-state index contributed by atoms with van der Waals surface area (Å²) in [5.41, 5.74) is 2.46. The van der Waals surface area contributed by atoms with Crippen molar-refractivity contribution in [2.45, 2.75) is 19.9 Å². The molecule has 5 nitrogen and oxygen atoms in total. The van der Waals surface area contributed by atoms with E-state index in [-0.39, 0.29) is 11.9 Å². The molecule has 1 aliphatic heterocycles. The molecule has 1 fully saturated rings. The molecular weight excluding hydrogens is 302 g/mol. The van der Waals surface area contributed by atoms with Crippen LogP contribution in [0.1, 0.15) is 23.1 Å². The Morgan fingerprint density at radius 2 is 1.96 bits per heavy atom. The van der Waals surface area contributed by atoms with Gasteiger partial charge in [-0.2, -0.15) is 0 Å². The highest BCUT2D eigenvalue weighted by Gasteiger charge is 2.29. The SMILES string of the molecule is COc1ccccc1N1CCN(C(=O)c2cccc(C)n2)[C@@H](C)C1. The lowest BCUT2D eigenvalue weighted by molar-refractivity contribution is 0.0667. The summed E-state index contributed by atoms with van der Waals surface area (Å²) in [4.78, 5) is 21.3. The molecule has 0 spiro atoms. The first-order valence-corrected chi connectivity index (χ1v) is 8.22. The molecule has 3 rings (SSSR count). The Balaban J connectivity index is 1.75. The fourth-order valence-corrected chi connectivity index (χ4v) is 3.18. The summed E-state index contributed by atoms with van der Waals surface area (Å²) in [6.07, 6.45) is 0. The number of hydrogen-bond acceptors (Lipinski definition) is 4. The van der Waals surface area contributed by atoms with Gasteiger partial charge in [-0.1, -0.05) is 18.2 Å². The van der Waals surface area contributed by atoms with Crippen molar-refractivity contribution in [2.24, 2.45) is 0 Å². The largest absolute Gasteiger partial charge is 0.495 e. The van der Waals surface area contributed by atoms with Crippen LogP contribution in [-0.2, 0) is 0 Å². The lowest BCUT2D eigenvalue weighted by atomic mass is 10.1. The van der Waals surface area contributed by atoms with Gasteiger partial charge in [0.05, 0.1) is 12.8 Å². The number of hydrogen-bond donors (Lipinski definition) is 0. The molecule has 0 N–H and O–H groups in total. The summed E-state index contributed by atoms with van der Waals surface area (Å²) in [6, 6.07) is 13.7. The fraction of sp³-hybridized carbons (Fsp3) is 0.368. The van der Waals surface area contributed by atoms with Crippen LogP contribution >= 0.6 is 0 Å². The smallest absolute Gasteiger partial charge is 0.272 e. The molecule has 0 aliphatic carbocycles. The lowest BCUT2D eigenvalue weighted by Crippen LogP contribution is -2.54. The van der Waals surface area contributed by atoms with Gasteiger partial charge < -0.3 is 14.5 Å². The number of aryl methyl sites for hydroxylation is 1. The third kappa shape index (κ3) is 3.20. The number of para-hydroxylation sites is 2. The molecule has 1 aromatic heterocycles. The van der Waals surface area contributed by atoms with E-state index in [0.29, 0.717) is 12.2 Å². The van der Waals surface area contributed by atoms with E-state index in [0.717, 1.165) is 30.2 Å². The minimum Gasteiger partial charge on any atom is -0.495 e. The molecule has 2 aromatic rings. The summed E-state index contributed by atoms with van der Waals surface area (Å²) >= 11 is 0. The summed E-state index contributed by atoms with van der Waals surface area (Å²) in [5.74, 6) is 0.871. The highest BCUT2D eigenvalue weighted by atomic mass is 16.5. The second-order valence-electron chi connectivity index (χ2n) is 6.13. The Morgan fingerprint density at radius 3 is 2.67 bits per heavy atom. The first kappa shape index (κ1) is 16.3. The quantitative estimate of drug-likeness (QED) is 0.870. The molecule has 1 aromatic carbocycles. The van der Waals surface area contributed by atoms with E-state index in [2.05, 4.69) is 22.9 Å². The maximum atomic E-state index is 12.7. The normalized spacial score (nSPS) is 17.7. The van der Waals surface area contributed by atoms with Gasteiger partial charge in [-0.15, -0.1) is 0 Å². The number of methoxy groups -OCH3 is 1. The van der Waals surface area contributed by atoms with Crippen LogP contribution in [0.2, 0.25) is 0 Å². The molecule has 1 amide bonds. The number of carbonyl (C=O) groups is 1. The minimum absolute atomic E-state index is 0.00544. The first-order chi connectivity index (χ1) is 11.6. The van der Waals surface area contributed by atoms with E-state index in [1.807, 2.05) is 42.2 Å². The lowest BCUT2D eigenvalue weighted by Gasteiger charge is -2.41. The predicted octanol–water partition coefficient (Wildman–Crippen LogP) is 2.75. The average molecular weight is 325 g/mol. The third-order valence-corrected chi connectivity index (χ3v) is 4.42. The van der Waals surface area contributed by atoms with Crippen LogP contribution in [0.5, 0.6) is 5.75 Å². The van der Waals surface area contributed by atoms with Crippen molar-refractivity contribution in [1.82, 2.24) is 9.88 Å². The number of rotatable bonds is 3. The zero-order chi connectivity index (χ0) is 17.1. The van der Waals surface area contributed by atoms with Crippen LogP contribution in [-0.4, -0.2) is 48.6 Å². The van der Waals surface area contributed by atoms with Crippen molar-refractivity contribution < 1.29 is 9.53 Å². The van der Waals surface area contributed by atoms with Crippen molar-refractivity contribution >= 4 is 11.6 Å². The fourth-order valence-electron chi connectivity index (χ4n) is 3.18. The number of pyridine rings is 1. The average Bonchev–Trinajstić information content (AvgIpc) is 2.61. The number of aromatic nitrogens is 1. The van der Waals surface area contributed by atoms with Crippen molar-refractivity contribution in [1.29, 1.82) is 0 Å². The monoisotopic (exact) mass is 325 g/mol. The predicted molar refractivity (Wildman–Crippen MR) is 94.7 cm³/mol. The Bertz CT molecular complexity index is 732. The molecular formula is C19H23N3O2. The zero-order valence-corrected chi connectivity index (χ0v) is 14.4. The maximum absolute atomic E-state index is 12.7. The molecule has 0 unspecified atom stereocenters. The number of carbonyl (C=O) groups excluding carboxylic acids is 1. The van der Waals surface area contributed by atoms with Crippen LogP contribution in [0.25, 0.3) is 0 Å². The summed E-state index contributed by atoms with van der Waals surface area (Å²) in [5, 5.41) is 0. The topological polar surface area (TPSA) is 45.7 Å². The molecule has 1 aliphatic rings. The first-order valence-electron chi connectivity index (χ1n) is 8.22. The van der Waals surface area contributed by atoms with Crippen molar-refractivity contribution in [3.63, 3.8) is 0 Å². The van der Waals surface area contributed by atoms with Gasteiger partial charge in [-0.05, 0) is 38.1 Å². The van der Waals surface area contributed by atoms with E-state index in [1.54, 1.807) is 13.2 Å². The van der Waals surface area contributed by atoms with Crippen molar-refractivity contribution in [3.8, 4) is 5.75 Å². The van der Waals surface area contributed by atoms with E-state index in [9.17, 15) is 4.79 Å². The molecule has 24 heavy (non-hydrogen) atoms. The Labute approximate surface area is 142 Å². The van der Waals surface area contributed by atoms with Crippen LogP contribution in [0, 0.1) is 6.92 Å². The number of piperazine rings is 1. The standard InChI is InChI=1S/C19H23N3O2/c1-14-7-6-8-16(20-14)19(23)22-12-11-21(13-15(22)2)17-9-4-5-10-18(17)24-3/h4-10,15H,11-13H2,1-3H3/t15-/m0/s1. The van der Waals surface area contributed by atoms with Gasteiger partial charge in [0.25, 0.3) is 5.91 Å². The van der Waals surface area contributed by atoms with Gasteiger partial charge in [0.2, 0.25) is 0 Å². The zero-order valence-electron chi connectivity index (χ0n) is 14.4. The van der Waals surface area contributed by atoms with Gasteiger partial charge >= 0.3 is 0 Å². The van der Waals surface area contributed by atoms with Gasteiger partial charge in [-0.3, -0.25) is 4.79 Å². The Hall–Kier alpha value is -2.56. The van der Waals surface area contributed by atoms with Crippen LogP contribution in [0.15, 0.2) is 42.5 Å². The Morgan fingerprint density at radius 1 is 1.17 bits per heavy atom. The van der Waals surface area contributed by atoms with Gasteiger partial charge in [-0.25, -0.2) is 4.98 Å². The molecule has 1 atom stereocenters. The van der Waals surface area contributed by atoms with Gasteiger partial charge in [0.15, 0.2) is 0 Å². The Kier molecular flexibility index (Phi) is 4.69. The molecule has 0 radical (unpaired) electrons. The second-order valence-corrected chi connectivity index (χ2v) is 6.13. The van der Waals surface area contributed by atoms with E-state index in [4.69, 9.17) is 4.74 Å². The highest BCUT2D eigenvalue weighted by molar-refractivity contribution is 5.92. The van der Waals surface area contributed by atoms with Gasteiger partial charge in [0.1, 0.15) is 11.4 Å². The van der Waals surface area contributed by atoms with Crippen molar-refractivity contribution in [3.05, 3.63) is 53.9 Å². The van der Waals surface area contributed by atoms with E-state index >= 15 is 0 Å². The number of nitrogens with zero attached hydrogens (tertiary/aromatic N) is 3. The minimum atomic E-state index is 0.00544. The second kappa shape index (κ2) is 6.91. The van der Waals surface area contributed by atoms with Gasteiger partial charge in [0, 0.05) is 31.4 Å². The van der Waals surface area contributed by atoms with Crippen molar-refractivity contribution in [2.75, 3.05) is 31.6 Å². The van der Waals surface area contributed by atoms with Crippen LogP contribution in [0.4, 0.5) is 5.69 Å². The summed E-state index contributed by atoms with van der Waals surface area (Å²) < 4.78 is 5.46. The molecule has 2 heterocycles. The number of benzene rings is 1. The molecule has 0 bridgehead atoms.